The lowest BCUT2D eigenvalue weighted by atomic mass is 10.3. The molecule has 2 amide bonds. The minimum Gasteiger partial charge on any atom is -0.439 e. The van der Waals surface area contributed by atoms with E-state index in [0.29, 0.717) is 11.5 Å². The number of nitrogens with zero attached hydrogens (tertiary/aromatic N) is 2. The first kappa shape index (κ1) is 10.7. The number of carbonyl (C=O) groups is 2. The Kier molecular flexibility index (Phi) is 3.26. The first-order valence-electron chi connectivity index (χ1n) is 4.07. The van der Waals surface area contributed by atoms with Crippen LogP contribution < -0.4 is 0 Å². The molecule has 1 N–H and O–H groups in total. The molecule has 7 heteroatoms. The third-order valence-corrected chi connectivity index (χ3v) is 1.78. The second-order valence-electron chi connectivity index (χ2n) is 2.76. The molecule has 0 bridgehead atoms. The van der Waals surface area contributed by atoms with Crippen LogP contribution in [-0.4, -0.2) is 47.2 Å². The summed E-state index contributed by atoms with van der Waals surface area (Å²) in [4.78, 5) is 26.5. The fourth-order valence-corrected chi connectivity index (χ4v) is 1.15. The number of hydrogen-bond donors (Lipinski definition) is 1. The van der Waals surface area contributed by atoms with Gasteiger partial charge in [-0.2, -0.15) is 5.06 Å². The average Bonchev–Trinajstić information content (AvgIpc) is 2.13. The molecule has 0 radical (unpaired) electrons. The van der Waals surface area contributed by atoms with E-state index in [4.69, 9.17) is 4.74 Å². The van der Waals surface area contributed by atoms with Crippen molar-refractivity contribution in [2.45, 2.75) is 19.6 Å². The van der Waals surface area contributed by atoms with E-state index < -0.39 is 18.2 Å². The highest BCUT2D eigenvalue weighted by Gasteiger charge is 2.34. The lowest BCUT2D eigenvalue weighted by Gasteiger charge is -2.34. The molecule has 0 aromatic carbocycles. The highest BCUT2D eigenvalue weighted by molar-refractivity contribution is 5.73. The lowest BCUT2D eigenvalue weighted by molar-refractivity contribution is -0.232. The summed E-state index contributed by atoms with van der Waals surface area (Å²) in [5.74, 6) is -0.548. The Hall–Kier alpha value is -1.34. The summed E-state index contributed by atoms with van der Waals surface area (Å²) in [6, 6.07) is -0.745. The van der Waals surface area contributed by atoms with Gasteiger partial charge in [-0.3, -0.25) is 14.8 Å². The number of urea groups is 1. The molecule has 1 unspecified atom stereocenters. The van der Waals surface area contributed by atoms with E-state index in [2.05, 4.69) is 4.84 Å². The van der Waals surface area contributed by atoms with Crippen molar-refractivity contribution in [1.82, 2.24) is 10.1 Å². The van der Waals surface area contributed by atoms with Crippen LogP contribution in [0, 0.1) is 0 Å². The molecule has 0 aliphatic carbocycles. The lowest BCUT2D eigenvalue weighted by Crippen LogP contribution is -2.53. The van der Waals surface area contributed by atoms with Crippen LogP contribution in [0.5, 0.6) is 0 Å². The third kappa shape index (κ3) is 2.12. The van der Waals surface area contributed by atoms with Gasteiger partial charge < -0.3 is 4.74 Å². The van der Waals surface area contributed by atoms with Crippen LogP contribution in [0.1, 0.15) is 13.3 Å². The molecule has 7 nitrogen and oxygen atoms in total. The minimum absolute atomic E-state index is 0.268. The number of hydroxylamine groups is 4. The average molecular weight is 204 g/mol. The summed E-state index contributed by atoms with van der Waals surface area (Å²) < 4.78 is 4.70. The molecule has 1 heterocycles. The Labute approximate surface area is 80.7 Å². The molecule has 1 aliphatic rings. The first-order chi connectivity index (χ1) is 6.56. The largest absolute Gasteiger partial charge is 0.439 e. The van der Waals surface area contributed by atoms with Crippen molar-refractivity contribution in [3.05, 3.63) is 0 Å². The van der Waals surface area contributed by atoms with Crippen LogP contribution in [0.25, 0.3) is 0 Å². The van der Waals surface area contributed by atoms with E-state index in [9.17, 15) is 14.8 Å². The van der Waals surface area contributed by atoms with Crippen LogP contribution in [-0.2, 0) is 14.4 Å². The van der Waals surface area contributed by atoms with Crippen LogP contribution in [0.15, 0.2) is 0 Å². The maximum Gasteiger partial charge on any atom is 0.371 e. The Morgan fingerprint density at radius 3 is 2.79 bits per heavy atom. The smallest absolute Gasteiger partial charge is 0.371 e. The summed E-state index contributed by atoms with van der Waals surface area (Å²) in [6.07, 6.45) is -0.623. The quantitative estimate of drug-likeness (QED) is 0.504. The van der Waals surface area contributed by atoms with Crippen LogP contribution in [0.3, 0.4) is 0 Å². The van der Waals surface area contributed by atoms with Gasteiger partial charge in [-0.05, 0) is 0 Å². The zero-order valence-corrected chi connectivity index (χ0v) is 7.97. The molecule has 0 aromatic heterocycles. The van der Waals surface area contributed by atoms with Gasteiger partial charge in [0.2, 0.25) is 6.23 Å². The fraction of sp³-hybridized carbons (Fsp3) is 0.714. The number of hydrogen-bond acceptors (Lipinski definition) is 5. The van der Waals surface area contributed by atoms with E-state index >= 15 is 0 Å². The van der Waals surface area contributed by atoms with Gasteiger partial charge in [0.25, 0.3) is 0 Å². The predicted octanol–water partition coefficient (Wildman–Crippen LogP) is -0.0461. The first-order valence-corrected chi connectivity index (χ1v) is 4.07. The monoisotopic (exact) mass is 204 g/mol. The number of carbonyl (C=O) groups excluding carboxylic acids is 2. The molecule has 1 atom stereocenters. The van der Waals surface area contributed by atoms with Gasteiger partial charge in [-0.1, -0.05) is 0 Å². The number of amides is 2. The molecular weight excluding hydrogens is 192 g/mol. The summed E-state index contributed by atoms with van der Waals surface area (Å²) in [7, 11) is 1.32. The zero-order valence-electron chi connectivity index (χ0n) is 7.97. The van der Waals surface area contributed by atoms with Gasteiger partial charge in [0.1, 0.15) is 0 Å². The Morgan fingerprint density at radius 2 is 2.29 bits per heavy atom. The molecule has 1 aliphatic heterocycles. The SMILES string of the molecule is CON1CCC(OC(C)=O)N(O)C1=O. The van der Waals surface area contributed by atoms with Crippen molar-refractivity contribution in [3.63, 3.8) is 0 Å². The highest BCUT2D eigenvalue weighted by Crippen LogP contribution is 2.15. The number of ether oxygens (including phenoxy) is 1. The minimum atomic E-state index is -0.925. The summed E-state index contributed by atoms with van der Waals surface area (Å²) in [5, 5.41) is 10.6. The van der Waals surface area contributed by atoms with E-state index in [0.717, 1.165) is 5.06 Å². The van der Waals surface area contributed by atoms with E-state index in [-0.39, 0.29) is 6.54 Å². The Bertz CT molecular complexity index is 244. The standard InChI is InChI=1S/C7H12N2O5/c1-5(10)14-6-3-4-8(13-2)7(11)9(6)12/h6,12H,3-4H2,1-2H3. The molecular formula is C7H12N2O5. The molecule has 0 aromatic rings. The second-order valence-corrected chi connectivity index (χ2v) is 2.76. The van der Waals surface area contributed by atoms with Gasteiger partial charge in [-0.15, -0.1) is 0 Å². The van der Waals surface area contributed by atoms with Gasteiger partial charge >= 0.3 is 12.0 Å². The second kappa shape index (κ2) is 4.25. The maximum atomic E-state index is 11.2. The summed E-state index contributed by atoms with van der Waals surface area (Å²) in [5.41, 5.74) is 0. The molecule has 80 valence electrons. The van der Waals surface area contributed by atoms with E-state index in [1.165, 1.54) is 14.0 Å². The van der Waals surface area contributed by atoms with E-state index in [1.54, 1.807) is 0 Å². The van der Waals surface area contributed by atoms with E-state index in [1.807, 2.05) is 0 Å². The normalized spacial score (nSPS) is 22.5. The van der Waals surface area contributed by atoms with Crippen molar-refractivity contribution < 1.29 is 24.4 Å². The van der Waals surface area contributed by atoms with Gasteiger partial charge in [0.05, 0.1) is 13.7 Å². The van der Waals surface area contributed by atoms with Crippen LogP contribution in [0.2, 0.25) is 0 Å². The number of esters is 1. The molecule has 0 spiro atoms. The number of rotatable bonds is 2. The summed E-state index contributed by atoms with van der Waals surface area (Å²) in [6.45, 7) is 1.48. The fourth-order valence-electron chi connectivity index (χ4n) is 1.15. The van der Waals surface area contributed by atoms with Crippen LogP contribution in [0.4, 0.5) is 4.79 Å². The van der Waals surface area contributed by atoms with Crippen molar-refractivity contribution in [2.75, 3.05) is 13.7 Å². The van der Waals surface area contributed by atoms with Crippen molar-refractivity contribution in [3.8, 4) is 0 Å². The highest BCUT2D eigenvalue weighted by atomic mass is 16.7. The maximum absolute atomic E-state index is 11.2. The van der Waals surface area contributed by atoms with Crippen molar-refractivity contribution >= 4 is 12.0 Å². The van der Waals surface area contributed by atoms with Gasteiger partial charge in [0, 0.05) is 13.3 Å². The molecule has 14 heavy (non-hydrogen) atoms. The van der Waals surface area contributed by atoms with Crippen LogP contribution >= 0.6 is 0 Å². The third-order valence-electron chi connectivity index (χ3n) is 1.78. The molecule has 1 fully saturated rings. The van der Waals surface area contributed by atoms with Crippen molar-refractivity contribution in [1.29, 1.82) is 0 Å². The topological polar surface area (TPSA) is 79.3 Å². The molecule has 1 saturated heterocycles. The Morgan fingerprint density at radius 1 is 1.64 bits per heavy atom. The molecule has 0 saturated carbocycles. The van der Waals surface area contributed by atoms with Gasteiger partial charge in [-0.25, -0.2) is 9.86 Å². The molecule has 1 rings (SSSR count). The predicted molar refractivity (Wildman–Crippen MR) is 42.9 cm³/mol. The summed E-state index contributed by atoms with van der Waals surface area (Å²) >= 11 is 0. The van der Waals surface area contributed by atoms with Gasteiger partial charge in [0.15, 0.2) is 0 Å². The Balaban J connectivity index is 2.59. The zero-order chi connectivity index (χ0) is 10.7. The van der Waals surface area contributed by atoms with Crippen molar-refractivity contribution in [2.24, 2.45) is 0 Å².